The van der Waals surface area contributed by atoms with Crippen molar-refractivity contribution in [2.75, 3.05) is 12.3 Å². The fourth-order valence-corrected chi connectivity index (χ4v) is 4.42. The van der Waals surface area contributed by atoms with E-state index >= 15 is 0 Å². The lowest BCUT2D eigenvalue weighted by Gasteiger charge is -2.38. The first-order chi connectivity index (χ1) is 9.78. The Balaban J connectivity index is 2.27. The van der Waals surface area contributed by atoms with Crippen LogP contribution in [0.25, 0.3) is 0 Å². The van der Waals surface area contributed by atoms with Gasteiger partial charge in [0.1, 0.15) is 4.90 Å². The summed E-state index contributed by atoms with van der Waals surface area (Å²) < 4.78 is 27.8. The molecule has 0 radical (unpaired) electrons. The zero-order chi connectivity index (χ0) is 15.7. The summed E-state index contributed by atoms with van der Waals surface area (Å²) in [4.78, 5) is 0.0829. The van der Waals surface area contributed by atoms with Crippen LogP contribution in [0.2, 0.25) is 0 Å². The fourth-order valence-electron chi connectivity index (χ4n) is 2.86. The molecule has 4 N–H and O–H groups in total. The zero-order valence-corrected chi connectivity index (χ0v) is 13.4. The van der Waals surface area contributed by atoms with Crippen molar-refractivity contribution < 1.29 is 13.5 Å². The van der Waals surface area contributed by atoms with Gasteiger partial charge in [0.15, 0.2) is 0 Å². The van der Waals surface area contributed by atoms with Crippen molar-refractivity contribution in [1.82, 2.24) is 4.72 Å². The third kappa shape index (κ3) is 3.56. The Morgan fingerprint density at radius 1 is 1.38 bits per heavy atom. The number of aryl methyl sites for hydroxylation is 1. The number of hydrogen-bond acceptors (Lipinski definition) is 4. The maximum Gasteiger partial charge on any atom is 0.243 e. The number of anilines is 1. The van der Waals surface area contributed by atoms with Crippen LogP contribution in [-0.4, -0.2) is 25.7 Å². The van der Waals surface area contributed by atoms with Gasteiger partial charge in [-0.05, 0) is 56.2 Å². The minimum absolute atomic E-state index is 0.0829. The summed E-state index contributed by atoms with van der Waals surface area (Å²) in [5.41, 5.74) is 6.22. The molecule has 0 amide bonds. The summed E-state index contributed by atoms with van der Waals surface area (Å²) in [6, 6.07) is 4.88. The van der Waals surface area contributed by atoms with Gasteiger partial charge >= 0.3 is 0 Å². The highest BCUT2D eigenvalue weighted by molar-refractivity contribution is 7.89. The van der Waals surface area contributed by atoms with E-state index in [1.54, 1.807) is 12.1 Å². The average molecular weight is 312 g/mol. The number of nitrogens with two attached hydrogens (primary N) is 1. The SMILES string of the molecule is Cc1ccc(S(=O)(=O)NC2(CO)CCC(C)CC2)c(N)c1. The summed E-state index contributed by atoms with van der Waals surface area (Å²) in [5.74, 6) is 0.568. The highest BCUT2D eigenvalue weighted by atomic mass is 32.2. The highest BCUT2D eigenvalue weighted by Gasteiger charge is 2.38. The fraction of sp³-hybridized carbons (Fsp3) is 0.600. The minimum Gasteiger partial charge on any atom is -0.398 e. The molecule has 1 aliphatic rings. The number of nitrogens with one attached hydrogen (secondary N) is 1. The first kappa shape index (κ1) is 16.3. The van der Waals surface area contributed by atoms with E-state index < -0.39 is 15.6 Å². The van der Waals surface area contributed by atoms with Gasteiger partial charge in [-0.3, -0.25) is 0 Å². The molecular weight excluding hydrogens is 288 g/mol. The van der Waals surface area contributed by atoms with Gasteiger partial charge in [-0.2, -0.15) is 0 Å². The maximum absolute atomic E-state index is 12.6. The Morgan fingerprint density at radius 2 is 2.00 bits per heavy atom. The molecule has 1 fully saturated rings. The second-order valence-electron chi connectivity index (χ2n) is 6.27. The predicted molar refractivity (Wildman–Crippen MR) is 83.4 cm³/mol. The molecule has 0 aromatic heterocycles. The molecule has 0 bridgehead atoms. The zero-order valence-electron chi connectivity index (χ0n) is 12.6. The molecule has 1 aromatic carbocycles. The van der Waals surface area contributed by atoms with Crippen LogP contribution in [0.5, 0.6) is 0 Å². The van der Waals surface area contributed by atoms with Gasteiger partial charge < -0.3 is 10.8 Å². The molecule has 0 aliphatic heterocycles. The predicted octanol–water partition coefficient (Wildman–Crippen LogP) is 1.80. The summed E-state index contributed by atoms with van der Waals surface area (Å²) in [6.45, 7) is 3.82. The largest absolute Gasteiger partial charge is 0.398 e. The van der Waals surface area contributed by atoms with Gasteiger partial charge in [-0.15, -0.1) is 0 Å². The topological polar surface area (TPSA) is 92.4 Å². The van der Waals surface area contributed by atoms with Crippen molar-refractivity contribution in [3.05, 3.63) is 23.8 Å². The molecule has 6 heteroatoms. The van der Waals surface area contributed by atoms with E-state index in [1.165, 1.54) is 6.07 Å². The molecule has 0 saturated heterocycles. The van der Waals surface area contributed by atoms with E-state index in [9.17, 15) is 13.5 Å². The molecular formula is C15H24N2O3S. The van der Waals surface area contributed by atoms with Gasteiger partial charge in [0.2, 0.25) is 10.0 Å². The van der Waals surface area contributed by atoms with Crippen LogP contribution in [0.15, 0.2) is 23.1 Å². The van der Waals surface area contributed by atoms with Crippen molar-refractivity contribution in [3.63, 3.8) is 0 Å². The second-order valence-corrected chi connectivity index (χ2v) is 7.92. The first-order valence-corrected chi connectivity index (χ1v) is 8.77. The van der Waals surface area contributed by atoms with Crippen LogP contribution < -0.4 is 10.5 Å². The van der Waals surface area contributed by atoms with Gasteiger partial charge in [-0.1, -0.05) is 13.0 Å². The molecule has 1 aliphatic carbocycles. The lowest BCUT2D eigenvalue weighted by atomic mass is 9.78. The van der Waals surface area contributed by atoms with Crippen LogP contribution in [0, 0.1) is 12.8 Å². The Kier molecular flexibility index (Phi) is 4.60. The van der Waals surface area contributed by atoms with E-state index in [0.29, 0.717) is 18.8 Å². The minimum atomic E-state index is -3.73. The highest BCUT2D eigenvalue weighted by Crippen LogP contribution is 2.33. The monoisotopic (exact) mass is 312 g/mol. The molecule has 0 atom stereocenters. The molecule has 0 spiro atoms. The van der Waals surface area contributed by atoms with Crippen molar-refractivity contribution in [1.29, 1.82) is 0 Å². The average Bonchev–Trinajstić information content (AvgIpc) is 2.41. The third-order valence-electron chi connectivity index (χ3n) is 4.34. The van der Waals surface area contributed by atoms with E-state index in [2.05, 4.69) is 11.6 Å². The molecule has 21 heavy (non-hydrogen) atoms. The Bertz CT molecular complexity index is 605. The van der Waals surface area contributed by atoms with E-state index in [-0.39, 0.29) is 17.2 Å². The van der Waals surface area contributed by atoms with E-state index in [4.69, 9.17) is 5.73 Å². The molecule has 2 rings (SSSR count). The molecule has 0 heterocycles. The lowest BCUT2D eigenvalue weighted by Crippen LogP contribution is -2.53. The first-order valence-electron chi connectivity index (χ1n) is 7.29. The Hall–Kier alpha value is -1.11. The van der Waals surface area contributed by atoms with Crippen LogP contribution in [0.1, 0.15) is 38.2 Å². The van der Waals surface area contributed by atoms with E-state index in [1.807, 2.05) is 6.92 Å². The van der Waals surface area contributed by atoms with E-state index in [0.717, 1.165) is 18.4 Å². The van der Waals surface area contributed by atoms with Crippen molar-refractivity contribution in [2.45, 2.75) is 50.0 Å². The summed E-state index contributed by atoms with van der Waals surface area (Å²) in [5, 5.41) is 9.69. The molecule has 0 unspecified atom stereocenters. The van der Waals surface area contributed by atoms with Crippen molar-refractivity contribution >= 4 is 15.7 Å². The van der Waals surface area contributed by atoms with Crippen LogP contribution in [0.4, 0.5) is 5.69 Å². The molecule has 1 saturated carbocycles. The number of rotatable bonds is 4. The number of aliphatic hydroxyl groups is 1. The lowest BCUT2D eigenvalue weighted by molar-refractivity contribution is 0.125. The summed E-state index contributed by atoms with van der Waals surface area (Å²) >= 11 is 0. The number of aliphatic hydroxyl groups excluding tert-OH is 1. The van der Waals surface area contributed by atoms with Gasteiger partial charge in [0.05, 0.1) is 17.8 Å². The summed E-state index contributed by atoms with van der Waals surface area (Å²) in [6.07, 6.45) is 3.12. The quantitative estimate of drug-likeness (QED) is 0.739. The standard InChI is InChI=1S/C15H24N2O3S/c1-11-5-7-15(10-18,8-6-11)17-21(19,20)14-4-3-12(2)9-13(14)16/h3-4,9,11,17-18H,5-8,10,16H2,1-2H3. The Morgan fingerprint density at radius 3 is 2.52 bits per heavy atom. The van der Waals surface area contributed by atoms with Crippen LogP contribution >= 0.6 is 0 Å². The van der Waals surface area contributed by atoms with Gasteiger partial charge in [-0.25, -0.2) is 13.1 Å². The number of sulfonamides is 1. The van der Waals surface area contributed by atoms with Gasteiger partial charge in [0.25, 0.3) is 0 Å². The molecule has 118 valence electrons. The van der Waals surface area contributed by atoms with Crippen molar-refractivity contribution in [3.8, 4) is 0 Å². The third-order valence-corrected chi connectivity index (χ3v) is 5.99. The number of nitrogen functional groups attached to an aromatic ring is 1. The van der Waals surface area contributed by atoms with Crippen LogP contribution in [0.3, 0.4) is 0 Å². The number of hydrogen-bond donors (Lipinski definition) is 3. The smallest absolute Gasteiger partial charge is 0.243 e. The van der Waals surface area contributed by atoms with Crippen LogP contribution in [-0.2, 0) is 10.0 Å². The molecule has 1 aromatic rings. The second kappa shape index (κ2) is 5.94. The van der Waals surface area contributed by atoms with Gasteiger partial charge in [0, 0.05) is 0 Å². The molecule has 5 nitrogen and oxygen atoms in total. The normalized spacial score (nSPS) is 26.7. The Labute approximate surface area is 126 Å². The summed E-state index contributed by atoms with van der Waals surface area (Å²) in [7, 11) is -3.73. The number of benzene rings is 1. The maximum atomic E-state index is 12.6. The van der Waals surface area contributed by atoms with Crippen molar-refractivity contribution in [2.24, 2.45) is 5.92 Å².